The number of fused-ring (bicyclic) bond motifs is 1. The van der Waals surface area contributed by atoms with Gasteiger partial charge >= 0.3 is 0 Å². The lowest BCUT2D eigenvalue weighted by atomic mass is 10.3. The average molecular weight is 353 g/mol. The summed E-state index contributed by atoms with van der Waals surface area (Å²) in [5.74, 6) is 1.75. The first kappa shape index (κ1) is 15.3. The van der Waals surface area contributed by atoms with Gasteiger partial charge in [-0.1, -0.05) is 23.7 Å². The molecule has 4 rings (SSSR count). The molecular weight excluding hydrogens is 340 g/mol. The lowest BCUT2D eigenvalue weighted by molar-refractivity contribution is 0.281. The molecule has 0 fully saturated rings. The summed E-state index contributed by atoms with van der Waals surface area (Å²) in [7, 11) is 0. The van der Waals surface area contributed by atoms with Gasteiger partial charge in [-0.2, -0.15) is 4.52 Å². The quantitative estimate of drug-likeness (QED) is 0.592. The second kappa shape index (κ2) is 6.74. The van der Waals surface area contributed by atoms with Crippen LogP contribution in [0.1, 0.15) is 5.82 Å². The summed E-state index contributed by atoms with van der Waals surface area (Å²) < 4.78 is 7.25. The largest absolute Gasteiger partial charge is 0.469 e. The number of benzene rings is 1. The zero-order valence-electron chi connectivity index (χ0n) is 13.0. The topological polar surface area (TPSA) is 77.2 Å². The van der Waals surface area contributed by atoms with Crippen LogP contribution in [0.5, 0.6) is 5.88 Å². The van der Waals surface area contributed by atoms with Crippen molar-refractivity contribution >= 4 is 28.8 Å². The van der Waals surface area contributed by atoms with Crippen LogP contribution >= 0.6 is 11.6 Å². The molecule has 0 aliphatic heterocycles. The monoisotopic (exact) mass is 352 g/mol. The van der Waals surface area contributed by atoms with E-state index in [4.69, 9.17) is 16.3 Å². The van der Waals surface area contributed by atoms with Gasteiger partial charge < -0.3 is 10.1 Å². The van der Waals surface area contributed by atoms with Crippen molar-refractivity contribution in [2.24, 2.45) is 0 Å². The molecule has 0 saturated heterocycles. The maximum Gasteiger partial charge on any atom is 0.213 e. The van der Waals surface area contributed by atoms with Crippen molar-refractivity contribution in [2.75, 3.05) is 5.32 Å². The van der Waals surface area contributed by atoms with Crippen molar-refractivity contribution in [3.8, 4) is 5.88 Å². The Morgan fingerprint density at radius 2 is 2.00 bits per heavy atom. The molecule has 0 aliphatic rings. The molecule has 0 saturated carbocycles. The summed E-state index contributed by atoms with van der Waals surface area (Å²) in [6, 6.07) is 16.5. The van der Waals surface area contributed by atoms with E-state index < -0.39 is 0 Å². The summed E-state index contributed by atoms with van der Waals surface area (Å²) in [4.78, 5) is 4.11. The first-order valence-electron chi connectivity index (χ1n) is 7.56. The SMILES string of the molecule is Clc1cccc(Nc2ccc3nnc(COc4ccccn4)n3n2)c1. The van der Waals surface area contributed by atoms with Crippen LogP contribution in [0.4, 0.5) is 11.5 Å². The van der Waals surface area contributed by atoms with E-state index in [2.05, 4.69) is 25.6 Å². The molecule has 0 bridgehead atoms. The van der Waals surface area contributed by atoms with Crippen LogP contribution in [-0.4, -0.2) is 24.8 Å². The number of halogens is 1. The Kier molecular flexibility index (Phi) is 4.14. The third kappa shape index (κ3) is 3.51. The van der Waals surface area contributed by atoms with E-state index in [1.807, 2.05) is 48.5 Å². The molecular formula is C17H13ClN6O. The van der Waals surface area contributed by atoms with Crippen molar-refractivity contribution in [2.45, 2.75) is 6.61 Å². The van der Waals surface area contributed by atoms with Gasteiger partial charge in [0, 0.05) is 23.0 Å². The first-order valence-corrected chi connectivity index (χ1v) is 7.93. The third-order valence-electron chi connectivity index (χ3n) is 3.41. The van der Waals surface area contributed by atoms with E-state index in [1.54, 1.807) is 16.8 Å². The van der Waals surface area contributed by atoms with Gasteiger partial charge in [-0.05, 0) is 36.4 Å². The highest BCUT2D eigenvalue weighted by Crippen LogP contribution is 2.19. The molecule has 0 spiro atoms. The van der Waals surface area contributed by atoms with E-state index >= 15 is 0 Å². The Morgan fingerprint density at radius 1 is 1.04 bits per heavy atom. The van der Waals surface area contributed by atoms with Gasteiger partial charge in [0.2, 0.25) is 5.88 Å². The molecule has 0 amide bonds. The standard InChI is InChI=1S/C17H13ClN6O/c18-12-4-3-5-13(10-12)20-14-7-8-15-21-22-16(24(15)23-14)11-25-17-6-1-2-9-19-17/h1-10H,11H2,(H,20,23). The number of hydrogen-bond acceptors (Lipinski definition) is 6. The molecule has 124 valence electrons. The molecule has 3 aromatic heterocycles. The summed E-state index contributed by atoms with van der Waals surface area (Å²) >= 11 is 6.01. The van der Waals surface area contributed by atoms with E-state index in [-0.39, 0.29) is 6.61 Å². The molecule has 1 N–H and O–H groups in total. The molecule has 0 radical (unpaired) electrons. The molecule has 7 nitrogen and oxygen atoms in total. The fourth-order valence-corrected chi connectivity index (χ4v) is 2.47. The average Bonchev–Trinajstić information content (AvgIpc) is 3.03. The van der Waals surface area contributed by atoms with Crippen molar-refractivity contribution < 1.29 is 4.74 Å². The molecule has 0 unspecified atom stereocenters. The van der Waals surface area contributed by atoms with Crippen LogP contribution in [-0.2, 0) is 6.61 Å². The summed E-state index contributed by atoms with van der Waals surface area (Å²) in [5.41, 5.74) is 1.48. The summed E-state index contributed by atoms with van der Waals surface area (Å²) in [6.45, 7) is 0.214. The predicted octanol–water partition coefficient (Wildman–Crippen LogP) is 3.50. The van der Waals surface area contributed by atoms with Gasteiger partial charge in [-0.25, -0.2) is 4.98 Å². The van der Waals surface area contributed by atoms with Gasteiger partial charge in [0.25, 0.3) is 0 Å². The zero-order valence-corrected chi connectivity index (χ0v) is 13.8. The lowest BCUT2D eigenvalue weighted by Gasteiger charge is -2.07. The van der Waals surface area contributed by atoms with Crippen LogP contribution in [0.25, 0.3) is 5.65 Å². The van der Waals surface area contributed by atoms with Gasteiger partial charge in [-0.15, -0.1) is 15.3 Å². The first-order chi connectivity index (χ1) is 12.3. The van der Waals surface area contributed by atoms with Crippen molar-refractivity contribution in [1.29, 1.82) is 0 Å². The minimum absolute atomic E-state index is 0.214. The number of rotatable bonds is 5. The van der Waals surface area contributed by atoms with Crippen LogP contribution in [0.2, 0.25) is 5.02 Å². The van der Waals surface area contributed by atoms with Crippen molar-refractivity contribution in [1.82, 2.24) is 24.8 Å². The van der Waals surface area contributed by atoms with Crippen LogP contribution < -0.4 is 10.1 Å². The number of anilines is 2. The maximum absolute atomic E-state index is 6.01. The number of hydrogen-bond donors (Lipinski definition) is 1. The third-order valence-corrected chi connectivity index (χ3v) is 3.65. The molecule has 4 aromatic rings. The molecule has 1 aromatic carbocycles. The van der Waals surface area contributed by atoms with Gasteiger partial charge in [0.1, 0.15) is 0 Å². The highest BCUT2D eigenvalue weighted by atomic mass is 35.5. The molecule has 0 aliphatic carbocycles. The van der Waals surface area contributed by atoms with Crippen molar-refractivity contribution in [3.63, 3.8) is 0 Å². The van der Waals surface area contributed by atoms with E-state index in [9.17, 15) is 0 Å². The Hall–Kier alpha value is -3.19. The van der Waals surface area contributed by atoms with Crippen LogP contribution in [0.3, 0.4) is 0 Å². The zero-order chi connectivity index (χ0) is 17.1. The molecule has 25 heavy (non-hydrogen) atoms. The van der Waals surface area contributed by atoms with Gasteiger partial charge in [-0.3, -0.25) is 0 Å². The Labute approximate surface area is 148 Å². The second-order valence-electron chi connectivity index (χ2n) is 5.20. The fraction of sp³-hybridized carbons (Fsp3) is 0.0588. The highest BCUT2D eigenvalue weighted by molar-refractivity contribution is 6.30. The van der Waals surface area contributed by atoms with Crippen molar-refractivity contribution in [3.05, 3.63) is 71.6 Å². The lowest BCUT2D eigenvalue weighted by Crippen LogP contribution is -2.06. The molecule has 8 heteroatoms. The smallest absolute Gasteiger partial charge is 0.213 e. The van der Waals surface area contributed by atoms with E-state index in [0.717, 1.165) is 5.69 Å². The fourth-order valence-electron chi connectivity index (χ4n) is 2.28. The van der Waals surface area contributed by atoms with Crippen LogP contribution in [0, 0.1) is 0 Å². The minimum Gasteiger partial charge on any atom is -0.469 e. The normalized spacial score (nSPS) is 10.8. The summed E-state index contributed by atoms with van der Waals surface area (Å²) in [6.07, 6.45) is 1.67. The highest BCUT2D eigenvalue weighted by Gasteiger charge is 2.09. The number of nitrogens with zero attached hydrogens (tertiary/aromatic N) is 5. The summed E-state index contributed by atoms with van der Waals surface area (Å²) in [5, 5.41) is 16.6. The Balaban J connectivity index is 1.57. The number of nitrogens with one attached hydrogen (secondary N) is 1. The minimum atomic E-state index is 0.214. The predicted molar refractivity (Wildman–Crippen MR) is 94.1 cm³/mol. The molecule has 0 atom stereocenters. The number of pyridine rings is 1. The number of ether oxygens (including phenoxy) is 1. The Morgan fingerprint density at radius 3 is 2.84 bits per heavy atom. The van der Waals surface area contributed by atoms with Gasteiger partial charge in [0.15, 0.2) is 23.9 Å². The maximum atomic E-state index is 6.01. The van der Waals surface area contributed by atoms with E-state index in [1.165, 1.54) is 0 Å². The van der Waals surface area contributed by atoms with Crippen LogP contribution in [0.15, 0.2) is 60.8 Å². The van der Waals surface area contributed by atoms with Gasteiger partial charge in [0.05, 0.1) is 0 Å². The molecule has 3 heterocycles. The second-order valence-corrected chi connectivity index (χ2v) is 5.63. The van der Waals surface area contributed by atoms with E-state index in [0.29, 0.717) is 28.2 Å². The Bertz CT molecular complexity index is 1000. The number of aromatic nitrogens is 5.